The van der Waals surface area contributed by atoms with Crippen LogP contribution >= 0.6 is 0 Å². The van der Waals surface area contributed by atoms with Gasteiger partial charge in [0.25, 0.3) is 0 Å². The zero-order valence-electron chi connectivity index (χ0n) is 14.5. The summed E-state index contributed by atoms with van der Waals surface area (Å²) in [6, 6.07) is 15.6. The van der Waals surface area contributed by atoms with Crippen molar-refractivity contribution in [1.82, 2.24) is 9.62 Å². The number of nitrogens with one attached hydrogen (secondary N) is 1. The summed E-state index contributed by atoms with van der Waals surface area (Å²) in [5.74, 6) is -0.554. The van der Waals surface area contributed by atoms with Crippen LogP contribution in [0.5, 0.6) is 0 Å². The van der Waals surface area contributed by atoms with E-state index in [-0.39, 0.29) is 24.2 Å². The Kier molecular flexibility index (Phi) is 6.37. The topological polar surface area (TPSA) is 58.6 Å². The van der Waals surface area contributed by atoms with E-state index in [0.29, 0.717) is 18.7 Å². The van der Waals surface area contributed by atoms with E-state index in [1.807, 2.05) is 18.2 Å². The Hall–Kier alpha value is -1.80. The standard InChI is InChI=1S/C19H23FN2O3S/c20-18-8-6-17(7-9-18)15-26(23,24)21-12-19-14-22(10-11-25-19)13-16-4-2-1-3-5-16/h1-9,19,21H,10-15H2/t19-/m1/s1. The van der Waals surface area contributed by atoms with Crippen LogP contribution in [0.25, 0.3) is 0 Å². The van der Waals surface area contributed by atoms with Crippen LogP contribution in [0, 0.1) is 5.82 Å². The second kappa shape index (κ2) is 8.73. The molecule has 0 radical (unpaired) electrons. The molecule has 1 atom stereocenters. The molecular formula is C19H23FN2O3S. The number of rotatable bonds is 7. The summed E-state index contributed by atoms with van der Waals surface area (Å²) < 4.78 is 45.7. The van der Waals surface area contributed by atoms with E-state index in [1.165, 1.54) is 29.8 Å². The molecule has 1 saturated heterocycles. The lowest BCUT2D eigenvalue weighted by molar-refractivity contribution is -0.0276. The molecule has 1 aliphatic heterocycles. The van der Waals surface area contributed by atoms with Crippen LogP contribution in [0.4, 0.5) is 4.39 Å². The Morgan fingerprint density at radius 1 is 1.08 bits per heavy atom. The molecule has 0 saturated carbocycles. The van der Waals surface area contributed by atoms with Gasteiger partial charge in [-0.05, 0) is 23.3 Å². The van der Waals surface area contributed by atoms with Crippen LogP contribution in [-0.2, 0) is 27.1 Å². The smallest absolute Gasteiger partial charge is 0.215 e. The van der Waals surface area contributed by atoms with Gasteiger partial charge in [0.2, 0.25) is 10.0 Å². The predicted octanol–water partition coefficient (Wildman–Crippen LogP) is 2.15. The molecule has 0 unspecified atom stereocenters. The third kappa shape index (κ3) is 5.88. The number of halogens is 1. The second-order valence-corrected chi connectivity index (χ2v) is 8.25. The number of hydrogen-bond acceptors (Lipinski definition) is 4. The number of ether oxygens (including phenoxy) is 1. The molecule has 5 nitrogen and oxygen atoms in total. The van der Waals surface area contributed by atoms with Crippen molar-refractivity contribution in [3.05, 3.63) is 71.5 Å². The van der Waals surface area contributed by atoms with E-state index >= 15 is 0 Å². The third-order valence-electron chi connectivity index (χ3n) is 4.27. The molecule has 0 amide bonds. The van der Waals surface area contributed by atoms with Gasteiger partial charge in [-0.1, -0.05) is 42.5 Å². The fourth-order valence-corrected chi connectivity index (χ4v) is 4.13. The number of nitrogens with zero attached hydrogens (tertiary/aromatic N) is 1. The minimum absolute atomic E-state index is 0.173. The Morgan fingerprint density at radius 2 is 1.81 bits per heavy atom. The Balaban J connectivity index is 1.49. The van der Waals surface area contributed by atoms with E-state index in [0.717, 1.165) is 13.1 Å². The van der Waals surface area contributed by atoms with Crippen molar-refractivity contribution in [3.63, 3.8) is 0 Å². The lowest BCUT2D eigenvalue weighted by atomic mass is 10.2. The zero-order valence-corrected chi connectivity index (χ0v) is 15.3. The molecular weight excluding hydrogens is 355 g/mol. The molecule has 0 aliphatic carbocycles. The van der Waals surface area contributed by atoms with Gasteiger partial charge in [-0.2, -0.15) is 0 Å². The Labute approximate surface area is 153 Å². The highest BCUT2D eigenvalue weighted by molar-refractivity contribution is 7.88. The maximum absolute atomic E-state index is 12.9. The molecule has 7 heteroatoms. The van der Waals surface area contributed by atoms with Crippen LogP contribution in [-0.4, -0.2) is 45.7 Å². The summed E-state index contributed by atoms with van der Waals surface area (Å²) in [4.78, 5) is 2.26. The highest BCUT2D eigenvalue weighted by atomic mass is 32.2. The maximum Gasteiger partial charge on any atom is 0.215 e. The van der Waals surface area contributed by atoms with Gasteiger partial charge in [-0.15, -0.1) is 0 Å². The van der Waals surface area contributed by atoms with Crippen LogP contribution < -0.4 is 4.72 Å². The van der Waals surface area contributed by atoms with Gasteiger partial charge in [0.15, 0.2) is 0 Å². The monoisotopic (exact) mass is 378 g/mol. The first kappa shape index (κ1) is 19.0. The Bertz CT molecular complexity index is 797. The summed E-state index contributed by atoms with van der Waals surface area (Å²) in [5, 5.41) is 0. The van der Waals surface area contributed by atoms with E-state index in [9.17, 15) is 12.8 Å². The van der Waals surface area contributed by atoms with Crippen LogP contribution in [0.15, 0.2) is 54.6 Å². The van der Waals surface area contributed by atoms with Gasteiger partial charge >= 0.3 is 0 Å². The van der Waals surface area contributed by atoms with Crippen LogP contribution in [0.2, 0.25) is 0 Å². The fraction of sp³-hybridized carbons (Fsp3) is 0.368. The van der Waals surface area contributed by atoms with Crippen molar-refractivity contribution >= 4 is 10.0 Å². The van der Waals surface area contributed by atoms with E-state index in [1.54, 1.807) is 0 Å². The van der Waals surface area contributed by atoms with Crippen molar-refractivity contribution in [3.8, 4) is 0 Å². The minimum atomic E-state index is -3.49. The van der Waals surface area contributed by atoms with Gasteiger partial charge in [0.1, 0.15) is 5.82 Å². The summed E-state index contributed by atoms with van der Waals surface area (Å²) in [6.45, 7) is 3.14. The summed E-state index contributed by atoms with van der Waals surface area (Å²) in [6.07, 6.45) is -0.185. The molecule has 1 aliphatic rings. The van der Waals surface area contributed by atoms with Gasteiger partial charge in [0, 0.05) is 26.2 Å². The first-order valence-corrected chi connectivity index (χ1v) is 10.2. The molecule has 0 bridgehead atoms. The first-order valence-electron chi connectivity index (χ1n) is 8.60. The third-order valence-corrected chi connectivity index (χ3v) is 5.59. The number of benzene rings is 2. The van der Waals surface area contributed by atoms with Crippen molar-refractivity contribution in [2.24, 2.45) is 0 Å². The molecule has 2 aromatic rings. The molecule has 0 spiro atoms. The lowest BCUT2D eigenvalue weighted by Crippen LogP contribution is -2.47. The van der Waals surface area contributed by atoms with E-state index < -0.39 is 10.0 Å². The van der Waals surface area contributed by atoms with Crippen LogP contribution in [0.3, 0.4) is 0 Å². The highest BCUT2D eigenvalue weighted by Crippen LogP contribution is 2.11. The molecule has 1 N–H and O–H groups in total. The largest absolute Gasteiger partial charge is 0.374 e. The second-order valence-electron chi connectivity index (χ2n) is 6.45. The summed E-state index contributed by atoms with van der Waals surface area (Å²) in [7, 11) is -3.49. The van der Waals surface area contributed by atoms with Crippen molar-refractivity contribution in [2.45, 2.75) is 18.4 Å². The quantitative estimate of drug-likeness (QED) is 0.802. The zero-order chi connectivity index (χ0) is 18.4. The van der Waals surface area contributed by atoms with Crippen molar-refractivity contribution in [2.75, 3.05) is 26.2 Å². The summed E-state index contributed by atoms with van der Waals surface area (Å²) >= 11 is 0. The maximum atomic E-state index is 12.9. The average Bonchev–Trinajstić information content (AvgIpc) is 2.63. The SMILES string of the molecule is O=S(=O)(Cc1ccc(F)cc1)NC[C@@H]1CN(Cc2ccccc2)CCO1. The normalized spacial score (nSPS) is 18.7. The summed E-state index contributed by atoms with van der Waals surface area (Å²) in [5.41, 5.74) is 1.78. The average molecular weight is 378 g/mol. The van der Waals surface area contributed by atoms with E-state index in [2.05, 4.69) is 21.8 Å². The number of hydrogen-bond donors (Lipinski definition) is 1. The number of morpholine rings is 1. The van der Waals surface area contributed by atoms with Gasteiger partial charge in [0.05, 0.1) is 18.5 Å². The minimum Gasteiger partial charge on any atom is -0.374 e. The number of sulfonamides is 1. The molecule has 3 rings (SSSR count). The molecule has 2 aromatic carbocycles. The van der Waals surface area contributed by atoms with Gasteiger partial charge in [-0.3, -0.25) is 4.90 Å². The van der Waals surface area contributed by atoms with Crippen molar-refractivity contribution < 1.29 is 17.5 Å². The Morgan fingerprint density at radius 3 is 2.54 bits per heavy atom. The molecule has 1 fully saturated rings. The molecule has 26 heavy (non-hydrogen) atoms. The van der Waals surface area contributed by atoms with E-state index in [4.69, 9.17) is 4.74 Å². The van der Waals surface area contributed by atoms with Gasteiger partial charge in [-0.25, -0.2) is 17.5 Å². The first-order chi connectivity index (χ1) is 12.5. The van der Waals surface area contributed by atoms with Crippen molar-refractivity contribution in [1.29, 1.82) is 0 Å². The lowest BCUT2D eigenvalue weighted by Gasteiger charge is -2.33. The highest BCUT2D eigenvalue weighted by Gasteiger charge is 2.22. The molecule has 1 heterocycles. The fourth-order valence-electron chi connectivity index (χ4n) is 2.96. The van der Waals surface area contributed by atoms with Gasteiger partial charge < -0.3 is 4.74 Å². The van der Waals surface area contributed by atoms with Crippen LogP contribution in [0.1, 0.15) is 11.1 Å². The molecule has 0 aromatic heterocycles. The molecule has 140 valence electrons. The predicted molar refractivity (Wildman–Crippen MR) is 98.5 cm³/mol.